The Hall–Kier alpha value is -3.15. The Morgan fingerprint density at radius 3 is 2.31 bits per heavy atom. The molecule has 0 bridgehead atoms. The molecular formula is C23H28N2O4. The molecule has 29 heavy (non-hydrogen) atoms. The lowest BCUT2D eigenvalue weighted by atomic mass is 9.87. The summed E-state index contributed by atoms with van der Waals surface area (Å²) >= 11 is 0. The maximum atomic E-state index is 12.2. The van der Waals surface area contributed by atoms with Crippen LogP contribution in [0.15, 0.2) is 48.5 Å². The molecule has 0 saturated carbocycles. The molecule has 0 aliphatic rings. The maximum absolute atomic E-state index is 12.2. The van der Waals surface area contributed by atoms with Gasteiger partial charge in [-0.15, -0.1) is 0 Å². The van der Waals surface area contributed by atoms with E-state index in [-0.39, 0.29) is 17.9 Å². The van der Waals surface area contributed by atoms with Gasteiger partial charge in [0.2, 0.25) is 0 Å². The Kier molecular flexibility index (Phi) is 7.53. The molecule has 0 unspecified atom stereocenters. The molecule has 0 aromatic heterocycles. The summed E-state index contributed by atoms with van der Waals surface area (Å²) in [5, 5.41) is 5.18. The van der Waals surface area contributed by atoms with Crippen LogP contribution in [0, 0.1) is 0 Å². The number of anilines is 1. The molecular weight excluding hydrogens is 368 g/mol. The van der Waals surface area contributed by atoms with Crippen LogP contribution in [0.2, 0.25) is 0 Å². The normalized spacial score (nSPS) is 10.9. The van der Waals surface area contributed by atoms with Crippen LogP contribution in [0.3, 0.4) is 0 Å². The number of carbonyl (C=O) groups is 3. The lowest BCUT2D eigenvalue weighted by Gasteiger charge is -2.19. The van der Waals surface area contributed by atoms with Crippen molar-refractivity contribution in [2.45, 2.75) is 39.5 Å². The fraction of sp³-hybridized carbons (Fsp3) is 0.348. The molecule has 0 fully saturated rings. The zero-order valence-corrected chi connectivity index (χ0v) is 17.4. The van der Waals surface area contributed by atoms with Crippen LogP contribution in [0.5, 0.6) is 0 Å². The Labute approximate surface area is 171 Å². The topological polar surface area (TPSA) is 84.5 Å². The second-order valence-electron chi connectivity index (χ2n) is 7.77. The Morgan fingerprint density at radius 2 is 1.69 bits per heavy atom. The molecule has 2 aromatic carbocycles. The lowest BCUT2D eigenvalue weighted by molar-refractivity contribution is -0.146. The first kappa shape index (κ1) is 22.1. The minimum absolute atomic E-state index is 0.00274. The average molecular weight is 396 g/mol. The number of hydrogen-bond donors (Lipinski definition) is 2. The van der Waals surface area contributed by atoms with E-state index in [1.54, 1.807) is 18.2 Å². The zero-order valence-electron chi connectivity index (χ0n) is 17.4. The van der Waals surface area contributed by atoms with E-state index in [4.69, 9.17) is 4.74 Å². The van der Waals surface area contributed by atoms with E-state index in [1.807, 2.05) is 37.3 Å². The third kappa shape index (κ3) is 7.07. The second kappa shape index (κ2) is 9.87. The van der Waals surface area contributed by atoms with Crippen LogP contribution >= 0.6 is 0 Å². The van der Waals surface area contributed by atoms with Crippen molar-refractivity contribution >= 4 is 23.5 Å². The van der Waals surface area contributed by atoms with Gasteiger partial charge in [-0.2, -0.15) is 0 Å². The molecule has 6 heteroatoms. The molecule has 2 aromatic rings. The number of esters is 1. The summed E-state index contributed by atoms with van der Waals surface area (Å²) in [5.41, 5.74) is 3.32. The molecule has 0 aliphatic carbocycles. The Morgan fingerprint density at radius 1 is 1.00 bits per heavy atom. The number of aryl methyl sites for hydroxylation is 1. The summed E-state index contributed by atoms with van der Waals surface area (Å²) in [6.45, 7) is 7.58. The second-order valence-corrected chi connectivity index (χ2v) is 7.77. The zero-order chi connectivity index (χ0) is 21.4. The van der Waals surface area contributed by atoms with Gasteiger partial charge in [-0.25, -0.2) is 0 Å². The number of amides is 2. The van der Waals surface area contributed by atoms with Gasteiger partial charge >= 0.3 is 5.97 Å². The highest BCUT2D eigenvalue weighted by molar-refractivity contribution is 5.96. The number of nitrogens with one attached hydrogen (secondary N) is 2. The minimum Gasteiger partial charge on any atom is -0.454 e. The van der Waals surface area contributed by atoms with E-state index in [1.165, 1.54) is 0 Å². The van der Waals surface area contributed by atoms with Gasteiger partial charge in [0.1, 0.15) is 6.54 Å². The Bertz CT molecular complexity index is 867. The molecule has 154 valence electrons. The summed E-state index contributed by atoms with van der Waals surface area (Å²) in [6.07, 6.45) is 0.858. The van der Waals surface area contributed by atoms with Crippen molar-refractivity contribution in [3.05, 3.63) is 65.2 Å². The van der Waals surface area contributed by atoms with Crippen LogP contribution < -0.4 is 10.6 Å². The van der Waals surface area contributed by atoms with Gasteiger partial charge in [0.05, 0.1) is 0 Å². The molecule has 0 atom stereocenters. The highest BCUT2D eigenvalue weighted by Gasteiger charge is 2.15. The number of rotatable bonds is 7. The van der Waals surface area contributed by atoms with Crippen molar-refractivity contribution in [1.82, 2.24) is 5.32 Å². The van der Waals surface area contributed by atoms with E-state index in [0.29, 0.717) is 11.3 Å². The van der Waals surface area contributed by atoms with Crippen molar-refractivity contribution in [3.8, 4) is 0 Å². The van der Waals surface area contributed by atoms with E-state index in [2.05, 4.69) is 31.4 Å². The van der Waals surface area contributed by atoms with Gasteiger partial charge in [0.25, 0.3) is 11.8 Å². The first-order valence-electron chi connectivity index (χ1n) is 9.62. The first-order chi connectivity index (χ1) is 13.7. The first-order valence-corrected chi connectivity index (χ1v) is 9.62. The van der Waals surface area contributed by atoms with Crippen molar-refractivity contribution < 1.29 is 19.1 Å². The number of ether oxygens (including phenoxy) is 1. The van der Waals surface area contributed by atoms with Crippen molar-refractivity contribution in [1.29, 1.82) is 0 Å². The number of benzene rings is 2. The van der Waals surface area contributed by atoms with Crippen LogP contribution in [0.4, 0.5) is 5.69 Å². The summed E-state index contributed by atoms with van der Waals surface area (Å²) in [7, 11) is 0. The molecule has 2 N–H and O–H groups in total. The van der Waals surface area contributed by atoms with Gasteiger partial charge in [-0.1, -0.05) is 52.0 Å². The van der Waals surface area contributed by atoms with Crippen LogP contribution in [0.25, 0.3) is 0 Å². The molecule has 6 nitrogen and oxygen atoms in total. The molecule has 0 spiro atoms. The van der Waals surface area contributed by atoms with Gasteiger partial charge in [0, 0.05) is 11.3 Å². The summed E-state index contributed by atoms with van der Waals surface area (Å²) in [6, 6.07) is 14.7. The highest BCUT2D eigenvalue weighted by atomic mass is 16.5. The lowest BCUT2D eigenvalue weighted by Crippen LogP contribution is -2.32. The standard InChI is InChI=1S/C23H28N2O4/c1-5-16-7-6-8-19(13-16)25-20(26)15-29-21(27)14-24-22(28)17-9-11-18(12-10-17)23(2,3)4/h6-13H,5,14-15H2,1-4H3,(H,24,28)(H,25,26). The summed E-state index contributed by atoms with van der Waals surface area (Å²) in [4.78, 5) is 35.9. The smallest absolute Gasteiger partial charge is 0.325 e. The summed E-state index contributed by atoms with van der Waals surface area (Å²) < 4.78 is 4.92. The van der Waals surface area contributed by atoms with Gasteiger partial charge in [0.15, 0.2) is 6.61 Å². The molecule has 0 radical (unpaired) electrons. The van der Waals surface area contributed by atoms with E-state index in [0.717, 1.165) is 17.5 Å². The molecule has 0 aliphatic heterocycles. The number of carbonyl (C=O) groups excluding carboxylic acids is 3. The number of hydrogen-bond acceptors (Lipinski definition) is 4. The van der Waals surface area contributed by atoms with E-state index >= 15 is 0 Å². The molecule has 0 heterocycles. The van der Waals surface area contributed by atoms with E-state index < -0.39 is 18.5 Å². The summed E-state index contributed by atoms with van der Waals surface area (Å²) in [5.74, 6) is -1.49. The van der Waals surface area contributed by atoms with Crippen LogP contribution in [-0.2, 0) is 26.2 Å². The van der Waals surface area contributed by atoms with Crippen molar-refractivity contribution in [2.75, 3.05) is 18.5 Å². The van der Waals surface area contributed by atoms with Crippen LogP contribution in [0.1, 0.15) is 49.2 Å². The molecule has 2 rings (SSSR count). The maximum Gasteiger partial charge on any atom is 0.325 e. The van der Waals surface area contributed by atoms with E-state index in [9.17, 15) is 14.4 Å². The predicted molar refractivity (Wildman–Crippen MR) is 113 cm³/mol. The third-order valence-corrected chi connectivity index (χ3v) is 4.39. The minimum atomic E-state index is -0.679. The largest absolute Gasteiger partial charge is 0.454 e. The predicted octanol–water partition coefficient (Wildman–Crippen LogP) is 3.46. The SMILES string of the molecule is CCc1cccc(NC(=O)COC(=O)CNC(=O)c2ccc(C(C)(C)C)cc2)c1. The molecule has 2 amide bonds. The Balaban J connectivity index is 1.76. The van der Waals surface area contributed by atoms with Crippen molar-refractivity contribution in [2.24, 2.45) is 0 Å². The van der Waals surface area contributed by atoms with Gasteiger partial charge < -0.3 is 15.4 Å². The quantitative estimate of drug-likeness (QED) is 0.702. The van der Waals surface area contributed by atoms with Gasteiger partial charge in [-0.3, -0.25) is 14.4 Å². The fourth-order valence-corrected chi connectivity index (χ4v) is 2.64. The third-order valence-electron chi connectivity index (χ3n) is 4.39. The van der Waals surface area contributed by atoms with Crippen molar-refractivity contribution in [3.63, 3.8) is 0 Å². The van der Waals surface area contributed by atoms with Gasteiger partial charge in [-0.05, 0) is 47.2 Å². The van der Waals surface area contributed by atoms with Crippen LogP contribution in [-0.4, -0.2) is 30.9 Å². The fourth-order valence-electron chi connectivity index (χ4n) is 2.64. The highest BCUT2D eigenvalue weighted by Crippen LogP contribution is 2.22. The average Bonchev–Trinajstić information content (AvgIpc) is 2.70. The monoisotopic (exact) mass is 396 g/mol. The molecule has 0 saturated heterocycles.